The van der Waals surface area contributed by atoms with Gasteiger partial charge < -0.3 is 15.2 Å². The first kappa shape index (κ1) is 8.38. The van der Waals surface area contributed by atoms with E-state index in [1.807, 2.05) is 25.1 Å². The number of rotatable bonds is 2. The minimum Gasteiger partial charge on any atom is -0.493 e. The summed E-state index contributed by atoms with van der Waals surface area (Å²) in [5.41, 5.74) is 6.88. The molecular weight excluding hydrogens is 166 g/mol. The van der Waals surface area contributed by atoms with Gasteiger partial charge in [-0.3, -0.25) is 0 Å². The zero-order valence-electron chi connectivity index (χ0n) is 7.62. The lowest BCUT2D eigenvalue weighted by Gasteiger charge is -2.09. The first-order valence-electron chi connectivity index (χ1n) is 4.47. The molecule has 1 aliphatic heterocycles. The number of hydrogen-bond donors (Lipinski definition) is 1. The molecule has 0 aromatic heterocycles. The van der Waals surface area contributed by atoms with Gasteiger partial charge in [-0.2, -0.15) is 0 Å². The molecule has 2 N–H and O–H groups in total. The normalized spacial score (nSPS) is 19.4. The molecule has 70 valence electrons. The Morgan fingerprint density at radius 2 is 2.46 bits per heavy atom. The smallest absolute Gasteiger partial charge is 0.128 e. The van der Waals surface area contributed by atoms with Gasteiger partial charge in [0.2, 0.25) is 0 Å². The van der Waals surface area contributed by atoms with E-state index >= 15 is 0 Å². The van der Waals surface area contributed by atoms with Crippen LogP contribution in [0.4, 0.5) is 0 Å². The van der Waals surface area contributed by atoms with Crippen LogP contribution in [0.2, 0.25) is 0 Å². The van der Waals surface area contributed by atoms with E-state index in [9.17, 15) is 0 Å². The average molecular weight is 179 g/mol. The van der Waals surface area contributed by atoms with E-state index < -0.39 is 0 Å². The van der Waals surface area contributed by atoms with Gasteiger partial charge in [0.25, 0.3) is 0 Å². The van der Waals surface area contributed by atoms with Gasteiger partial charge in [0.15, 0.2) is 0 Å². The summed E-state index contributed by atoms with van der Waals surface area (Å²) in [5, 5.41) is 0. The monoisotopic (exact) mass is 179 g/mol. The highest BCUT2D eigenvalue weighted by Crippen LogP contribution is 2.37. The van der Waals surface area contributed by atoms with Gasteiger partial charge in [0.1, 0.15) is 18.1 Å². The van der Waals surface area contributed by atoms with Gasteiger partial charge in [-0.1, -0.05) is 6.07 Å². The maximum Gasteiger partial charge on any atom is 0.128 e. The lowest BCUT2D eigenvalue weighted by molar-refractivity contribution is 0.330. The molecule has 3 heteroatoms. The van der Waals surface area contributed by atoms with Crippen molar-refractivity contribution in [1.82, 2.24) is 0 Å². The SMILES string of the molecule is CCOc1cccc2c1C(N)CO2. The van der Waals surface area contributed by atoms with E-state index in [-0.39, 0.29) is 6.04 Å². The zero-order chi connectivity index (χ0) is 9.26. The van der Waals surface area contributed by atoms with Crippen LogP contribution >= 0.6 is 0 Å². The quantitative estimate of drug-likeness (QED) is 0.747. The second-order valence-corrected chi connectivity index (χ2v) is 3.02. The molecule has 1 aliphatic rings. The molecule has 0 bridgehead atoms. The van der Waals surface area contributed by atoms with Gasteiger partial charge in [-0.05, 0) is 19.1 Å². The largest absolute Gasteiger partial charge is 0.493 e. The first-order chi connectivity index (χ1) is 6.33. The molecule has 3 nitrogen and oxygen atoms in total. The summed E-state index contributed by atoms with van der Waals surface area (Å²) in [5.74, 6) is 1.71. The van der Waals surface area contributed by atoms with Gasteiger partial charge >= 0.3 is 0 Å². The Morgan fingerprint density at radius 1 is 1.62 bits per heavy atom. The van der Waals surface area contributed by atoms with Crippen LogP contribution in [0.25, 0.3) is 0 Å². The summed E-state index contributed by atoms with van der Waals surface area (Å²) in [6, 6.07) is 5.72. The predicted molar refractivity (Wildman–Crippen MR) is 50.0 cm³/mol. The molecule has 13 heavy (non-hydrogen) atoms. The van der Waals surface area contributed by atoms with Crippen molar-refractivity contribution in [2.45, 2.75) is 13.0 Å². The second kappa shape index (κ2) is 3.26. The molecule has 1 atom stereocenters. The summed E-state index contributed by atoms with van der Waals surface area (Å²) in [6.07, 6.45) is 0. The fourth-order valence-corrected chi connectivity index (χ4v) is 1.56. The Hall–Kier alpha value is -1.22. The van der Waals surface area contributed by atoms with Crippen LogP contribution in [0, 0.1) is 0 Å². The number of nitrogens with two attached hydrogens (primary N) is 1. The van der Waals surface area contributed by atoms with Crippen LogP contribution in [0.3, 0.4) is 0 Å². The van der Waals surface area contributed by atoms with Crippen molar-refractivity contribution in [2.75, 3.05) is 13.2 Å². The number of fused-ring (bicyclic) bond motifs is 1. The van der Waals surface area contributed by atoms with E-state index in [1.165, 1.54) is 0 Å². The molecular formula is C10H13NO2. The van der Waals surface area contributed by atoms with Crippen LogP contribution in [-0.4, -0.2) is 13.2 Å². The van der Waals surface area contributed by atoms with Crippen LogP contribution in [0.15, 0.2) is 18.2 Å². The molecule has 2 rings (SSSR count). The van der Waals surface area contributed by atoms with Crippen molar-refractivity contribution in [2.24, 2.45) is 5.73 Å². The van der Waals surface area contributed by atoms with E-state index in [2.05, 4.69) is 0 Å². The molecule has 0 saturated heterocycles. The standard InChI is InChI=1S/C10H13NO2/c1-2-12-8-4-3-5-9-10(8)7(11)6-13-9/h3-5,7H,2,6,11H2,1H3. The fourth-order valence-electron chi connectivity index (χ4n) is 1.56. The van der Waals surface area contributed by atoms with Crippen LogP contribution in [0.5, 0.6) is 11.5 Å². The van der Waals surface area contributed by atoms with Crippen molar-refractivity contribution >= 4 is 0 Å². The van der Waals surface area contributed by atoms with Crippen LogP contribution < -0.4 is 15.2 Å². The molecule has 1 heterocycles. The minimum absolute atomic E-state index is 0.0438. The third kappa shape index (κ3) is 1.35. The van der Waals surface area contributed by atoms with Crippen molar-refractivity contribution in [3.63, 3.8) is 0 Å². The minimum atomic E-state index is -0.0438. The van der Waals surface area contributed by atoms with E-state index in [0.29, 0.717) is 13.2 Å². The van der Waals surface area contributed by atoms with Crippen molar-refractivity contribution in [3.05, 3.63) is 23.8 Å². The van der Waals surface area contributed by atoms with Crippen molar-refractivity contribution in [1.29, 1.82) is 0 Å². The van der Waals surface area contributed by atoms with E-state index in [0.717, 1.165) is 17.1 Å². The van der Waals surface area contributed by atoms with Gasteiger partial charge in [-0.25, -0.2) is 0 Å². The Morgan fingerprint density at radius 3 is 3.23 bits per heavy atom. The Labute approximate surface area is 77.5 Å². The lowest BCUT2D eigenvalue weighted by Crippen LogP contribution is -2.12. The summed E-state index contributed by atoms with van der Waals surface area (Å²) in [7, 11) is 0. The third-order valence-corrected chi connectivity index (χ3v) is 2.12. The molecule has 1 aromatic rings. The fraction of sp³-hybridized carbons (Fsp3) is 0.400. The molecule has 0 fully saturated rings. The number of ether oxygens (including phenoxy) is 2. The van der Waals surface area contributed by atoms with Crippen molar-refractivity contribution in [3.8, 4) is 11.5 Å². The molecule has 0 aliphatic carbocycles. The predicted octanol–water partition coefficient (Wildman–Crippen LogP) is 1.48. The summed E-state index contributed by atoms with van der Waals surface area (Å²) >= 11 is 0. The number of hydrogen-bond acceptors (Lipinski definition) is 3. The molecule has 1 aromatic carbocycles. The summed E-state index contributed by atoms with van der Waals surface area (Å²) in [6.45, 7) is 3.17. The third-order valence-electron chi connectivity index (χ3n) is 2.12. The Kier molecular flexibility index (Phi) is 2.10. The van der Waals surface area contributed by atoms with Gasteiger partial charge in [-0.15, -0.1) is 0 Å². The molecule has 0 radical (unpaired) electrons. The second-order valence-electron chi connectivity index (χ2n) is 3.02. The first-order valence-corrected chi connectivity index (χ1v) is 4.47. The average Bonchev–Trinajstić information content (AvgIpc) is 2.50. The van der Waals surface area contributed by atoms with E-state index in [4.69, 9.17) is 15.2 Å². The maximum atomic E-state index is 5.87. The maximum absolute atomic E-state index is 5.87. The topological polar surface area (TPSA) is 44.5 Å². The Bertz CT molecular complexity index is 312. The highest BCUT2D eigenvalue weighted by molar-refractivity contribution is 5.49. The van der Waals surface area contributed by atoms with Gasteiger partial charge in [0.05, 0.1) is 18.2 Å². The molecule has 0 amide bonds. The molecule has 0 spiro atoms. The lowest BCUT2D eigenvalue weighted by atomic mass is 10.1. The summed E-state index contributed by atoms with van der Waals surface area (Å²) < 4.78 is 10.9. The molecule has 0 saturated carbocycles. The highest BCUT2D eigenvalue weighted by atomic mass is 16.5. The van der Waals surface area contributed by atoms with Crippen LogP contribution in [-0.2, 0) is 0 Å². The van der Waals surface area contributed by atoms with Crippen LogP contribution in [0.1, 0.15) is 18.5 Å². The zero-order valence-corrected chi connectivity index (χ0v) is 7.62. The molecule has 1 unspecified atom stereocenters. The van der Waals surface area contributed by atoms with Gasteiger partial charge in [0, 0.05) is 0 Å². The highest BCUT2D eigenvalue weighted by Gasteiger charge is 2.24. The van der Waals surface area contributed by atoms with E-state index in [1.54, 1.807) is 0 Å². The summed E-state index contributed by atoms with van der Waals surface area (Å²) in [4.78, 5) is 0. The Balaban J connectivity index is 2.41. The van der Waals surface area contributed by atoms with Crippen molar-refractivity contribution < 1.29 is 9.47 Å². The number of benzene rings is 1.